The van der Waals surface area contributed by atoms with Crippen LogP contribution in [-0.2, 0) is 21.2 Å². The molecule has 2 heterocycles. The lowest BCUT2D eigenvalue weighted by Crippen LogP contribution is -2.48. The summed E-state index contributed by atoms with van der Waals surface area (Å²) in [6.07, 6.45) is 5.31. The van der Waals surface area contributed by atoms with Crippen molar-refractivity contribution in [2.24, 2.45) is 0 Å². The first-order valence-corrected chi connectivity index (χ1v) is 7.18. The molecule has 1 atom stereocenters. The maximum Gasteiger partial charge on any atom is 0.240 e. The average molecular weight is 257 g/mol. The van der Waals surface area contributed by atoms with Crippen LogP contribution in [-0.4, -0.2) is 40.9 Å². The molecule has 1 N–H and O–H groups in total. The molecule has 1 fully saturated rings. The summed E-state index contributed by atoms with van der Waals surface area (Å²) in [4.78, 5) is 15.6. The highest BCUT2D eigenvalue weighted by Gasteiger charge is 2.39. The average Bonchev–Trinajstić information content (AvgIpc) is 2.74. The van der Waals surface area contributed by atoms with E-state index < -0.39 is 15.4 Å². The summed E-state index contributed by atoms with van der Waals surface area (Å²) in [5, 5.41) is 2.78. The van der Waals surface area contributed by atoms with Crippen molar-refractivity contribution in [1.29, 1.82) is 0 Å². The van der Waals surface area contributed by atoms with E-state index in [0.717, 1.165) is 0 Å². The highest BCUT2D eigenvalue weighted by molar-refractivity contribution is 7.91. The van der Waals surface area contributed by atoms with Crippen LogP contribution in [0.1, 0.15) is 13.3 Å². The first-order valence-electron chi connectivity index (χ1n) is 5.36. The molecular formula is C10H15N3O3S. The lowest BCUT2D eigenvalue weighted by Gasteiger charge is -2.23. The smallest absolute Gasteiger partial charge is 0.240 e. The molecular weight excluding hydrogens is 242 g/mol. The standard InChI is InChI=1S/C10H15N3O3S/c1-10(2-5-17(15,16)7-10)12-9(14)6-13-4-3-11-8-13/h3-4,8H,2,5-7H2,1H3,(H,12,14)/t10-/m1/s1. The van der Waals surface area contributed by atoms with Crippen LogP contribution in [0.2, 0.25) is 0 Å². The summed E-state index contributed by atoms with van der Waals surface area (Å²) < 4.78 is 24.4. The van der Waals surface area contributed by atoms with Crippen LogP contribution in [0.5, 0.6) is 0 Å². The van der Waals surface area contributed by atoms with E-state index in [-0.39, 0.29) is 24.0 Å². The van der Waals surface area contributed by atoms with Gasteiger partial charge in [-0.3, -0.25) is 4.79 Å². The van der Waals surface area contributed by atoms with E-state index in [4.69, 9.17) is 0 Å². The van der Waals surface area contributed by atoms with Crippen molar-refractivity contribution in [3.63, 3.8) is 0 Å². The van der Waals surface area contributed by atoms with Gasteiger partial charge in [-0.25, -0.2) is 13.4 Å². The largest absolute Gasteiger partial charge is 0.348 e. The first-order chi connectivity index (χ1) is 7.89. The van der Waals surface area contributed by atoms with E-state index in [1.54, 1.807) is 30.2 Å². The fraction of sp³-hybridized carbons (Fsp3) is 0.600. The molecule has 17 heavy (non-hydrogen) atoms. The number of amides is 1. The molecule has 0 spiro atoms. The number of nitrogens with one attached hydrogen (secondary N) is 1. The predicted octanol–water partition coefficient (Wildman–Crippen LogP) is -0.424. The number of sulfone groups is 1. The van der Waals surface area contributed by atoms with E-state index in [0.29, 0.717) is 6.42 Å². The minimum absolute atomic E-state index is 0.0235. The molecule has 0 saturated carbocycles. The molecule has 94 valence electrons. The van der Waals surface area contributed by atoms with E-state index in [1.165, 1.54) is 0 Å². The van der Waals surface area contributed by atoms with Crippen molar-refractivity contribution in [1.82, 2.24) is 14.9 Å². The van der Waals surface area contributed by atoms with Crippen molar-refractivity contribution >= 4 is 15.7 Å². The lowest BCUT2D eigenvalue weighted by atomic mass is 10.0. The number of hydrogen-bond donors (Lipinski definition) is 1. The third kappa shape index (κ3) is 3.06. The Bertz CT molecular complexity index is 509. The number of nitrogens with zero attached hydrogens (tertiary/aromatic N) is 2. The molecule has 0 bridgehead atoms. The van der Waals surface area contributed by atoms with Crippen molar-refractivity contribution in [3.8, 4) is 0 Å². The van der Waals surface area contributed by atoms with Crippen LogP contribution in [0.15, 0.2) is 18.7 Å². The summed E-state index contributed by atoms with van der Waals surface area (Å²) in [6, 6.07) is 0. The molecule has 0 unspecified atom stereocenters. The quantitative estimate of drug-likeness (QED) is 0.797. The molecule has 0 radical (unpaired) electrons. The Hall–Kier alpha value is -1.37. The molecule has 2 rings (SSSR count). The van der Waals surface area contributed by atoms with E-state index in [1.807, 2.05) is 0 Å². The monoisotopic (exact) mass is 257 g/mol. The second-order valence-corrected chi connectivity index (χ2v) is 6.87. The first kappa shape index (κ1) is 12.1. The Morgan fingerprint density at radius 3 is 2.88 bits per heavy atom. The van der Waals surface area contributed by atoms with Gasteiger partial charge in [0.15, 0.2) is 9.84 Å². The highest BCUT2D eigenvalue weighted by atomic mass is 32.2. The van der Waals surface area contributed by atoms with E-state index >= 15 is 0 Å². The summed E-state index contributed by atoms with van der Waals surface area (Å²) in [6.45, 7) is 1.93. The van der Waals surface area contributed by atoms with Gasteiger partial charge in [-0.2, -0.15) is 0 Å². The third-order valence-corrected chi connectivity index (χ3v) is 4.73. The number of aromatic nitrogens is 2. The zero-order valence-electron chi connectivity index (χ0n) is 9.59. The van der Waals surface area contributed by atoms with Crippen LogP contribution in [0.3, 0.4) is 0 Å². The number of carbonyl (C=O) groups is 1. The van der Waals surface area contributed by atoms with Gasteiger partial charge in [0, 0.05) is 12.4 Å². The molecule has 1 amide bonds. The van der Waals surface area contributed by atoms with Gasteiger partial charge in [-0.05, 0) is 13.3 Å². The van der Waals surface area contributed by atoms with Gasteiger partial charge < -0.3 is 9.88 Å². The number of carbonyl (C=O) groups excluding carboxylic acids is 1. The molecule has 0 aromatic carbocycles. The normalized spacial score (nSPS) is 26.9. The SMILES string of the molecule is C[C@@]1(NC(=O)Cn2ccnc2)CCS(=O)(=O)C1. The second-order valence-electron chi connectivity index (χ2n) is 4.69. The molecule has 7 heteroatoms. The number of rotatable bonds is 3. The Balaban J connectivity index is 1.95. The van der Waals surface area contributed by atoms with Gasteiger partial charge in [0.05, 0.1) is 23.4 Å². The van der Waals surface area contributed by atoms with Crippen molar-refractivity contribution in [2.75, 3.05) is 11.5 Å². The van der Waals surface area contributed by atoms with Crippen molar-refractivity contribution < 1.29 is 13.2 Å². The Morgan fingerprint density at radius 1 is 1.59 bits per heavy atom. The number of imidazole rings is 1. The zero-order valence-corrected chi connectivity index (χ0v) is 10.4. The lowest BCUT2D eigenvalue weighted by molar-refractivity contribution is -0.123. The van der Waals surface area contributed by atoms with Crippen LogP contribution >= 0.6 is 0 Å². The highest BCUT2D eigenvalue weighted by Crippen LogP contribution is 2.22. The minimum Gasteiger partial charge on any atom is -0.348 e. The third-order valence-electron chi connectivity index (χ3n) is 2.83. The van der Waals surface area contributed by atoms with E-state index in [9.17, 15) is 13.2 Å². The van der Waals surface area contributed by atoms with Crippen LogP contribution in [0.25, 0.3) is 0 Å². The fourth-order valence-electron chi connectivity index (χ4n) is 2.03. The summed E-state index contributed by atoms with van der Waals surface area (Å²) in [7, 11) is -3.00. The topological polar surface area (TPSA) is 81.1 Å². The van der Waals surface area contributed by atoms with Gasteiger partial charge in [0.2, 0.25) is 5.91 Å². The van der Waals surface area contributed by atoms with Crippen LogP contribution in [0, 0.1) is 0 Å². The number of hydrogen-bond acceptors (Lipinski definition) is 4. The molecule has 6 nitrogen and oxygen atoms in total. The van der Waals surface area contributed by atoms with Gasteiger partial charge in [-0.1, -0.05) is 0 Å². The maximum atomic E-state index is 11.7. The van der Waals surface area contributed by atoms with Gasteiger partial charge >= 0.3 is 0 Å². The summed E-state index contributed by atoms with van der Waals surface area (Å²) in [5.41, 5.74) is -0.628. The second kappa shape index (κ2) is 4.14. The zero-order chi connectivity index (χ0) is 12.5. The summed E-state index contributed by atoms with van der Waals surface area (Å²) in [5.74, 6) is -0.0209. The van der Waals surface area contributed by atoms with Crippen molar-refractivity contribution in [3.05, 3.63) is 18.7 Å². The maximum absolute atomic E-state index is 11.7. The molecule has 1 aromatic heterocycles. The molecule has 0 aliphatic carbocycles. The van der Waals surface area contributed by atoms with Gasteiger partial charge in [0.1, 0.15) is 6.54 Å². The van der Waals surface area contributed by atoms with Crippen molar-refractivity contribution in [2.45, 2.75) is 25.4 Å². The summed E-state index contributed by atoms with van der Waals surface area (Å²) >= 11 is 0. The Morgan fingerprint density at radius 2 is 2.35 bits per heavy atom. The Labute approximate surface area is 100.0 Å². The van der Waals surface area contributed by atoms with Gasteiger partial charge in [0.25, 0.3) is 0 Å². The fourth-order valence-corrected chi connectivity index (χ4v) is 4.12. The predicted molar refractivity (Wildman–Crippen MR) is 62.0 cm³/mol. The minimum atomic E-state index is -3.00. The molecule has 1 aliphatic rings. The van der Waals surface area contributed by atoms with Gasteiger partial charge in [-0.15, -0.1) is 0 Å². The van der Waals surface area contributed by atoms with Crippen LogP contribution in [0.4, 0.5) is 0 Å². The van der Waals surface area contributed by atoms with Crippen LogP contribution < -0.4 is 5.32 Å². The Kier molecular flexibility index (Phi) is 2.94. The molecule has 1 saturated heterocycles. The molecule has 1 aromatic rings. The molecule has 1 aliphatic heterocycles. The van der Waals surface area contributed by atoms with E-state index in [2.05, 4.69) is 10.3 Å².